The fourth-order valence-corrected chi connectivity index (χ4v) is 2.72. The van der Waals surface area contributed by atoms with Gasteiger partial charge in [-0.3, -0.25) is 5.10 Å². The van der Waals surface area contributed by atoms with Crippen molar-refractivity contribution in [1.29, 1.82) is 0 Å². The fraction of sp³-hybridized carbons (Fsp3) is 0.643. The van der Waals surface area contributed by atoms with Crippen molar-refractivity contribution in [3.63, 3.8) is 0 Å². The lowest BCUT2D eigenvalue weighted by atomic mass is 10.2. The van der Waals surface area contributed by atoms with Gasteiger partial charge < -0.3 is 9.88 Å². The van der Waals surface area contributed by atoms with Crippen molar-refractivity contribution >= 4 is 18.2 Å². The average Bonchev–Trinajstić information content (AvgIpc) is 3.32. The van der Waals surface area contributed by atoms with Crippen LogP contribution in [0.2, 0.25) is 0 Å². The van der Waals surface area contributed by atoms with E-state index >= 15 is 0 Å². The molecule has 0 aromatic carbocycles. The van der Waals surface area contributed by atoms with E-state index in [-0.39, 0.29) is 0 Å². The van der Waals surface area contributed by atoms with Gasteiger partial charge in [-0.2, -0.15) is 10.2 Å². The Morgan fingerprint density at radius 2 is 2.00 bits per heavy atom. The highest BCUT2D eigenvalue weighted by atomic mass is 32.1. The van der Waals surface area contributed by atoms with Gasteiger partial charge in [-0.15, -0.1) is 5.10 Å². The molecule has 8 heteroatoms. The standard InChI is InChI=1S/C14H21N7S/c1-3-10-11(4-2)17-19-13(16-10)15-7-8-21-12(9-5-6-9)18-20-14(21)22/h9H,3-8H2,1-2H3,(H,20,22)(H,15,16,19). The van der Waals surface area contributed by atoms with Crippen LogP contribution in [0.4, 0.5) is 5.95 Å². The highest BCUT2D eigenvalue weighted by Crippen LogP contribution is 2.38. The largest absolute Gasteiger partial charge is 0.351 e. The minimum Gasteiger partial charge on any atom is -0.351 e. The van der Waals surface area contributed by atoms with Crippen LogP contribution in [-0.4, -0.2) is 36.5 Å². The Balaban J connectivity index is 1.64. The third-order valence-electron chi connectivity index (χ3n) is 3.86. The molecule has 0 amide bonds. The zero-order valence-corrected chi connectivity index (χ0v) is 13.8. The first-order chi connectivity index (χ1) is 10.7. The third kappa shape index (κ3) is 3.16. The van der Waals surface area contributed by atoms with E-state index in [4.69, 9.17) is 12.2 Å². The van der Waals surface area contributed by atoms with Crippen LogP contribution in [0.3, 0.4) is 0 Å². The van der Waals surface area contributed by atoms with Crippen LogP contribution >= 0.6 is 12.2 Å². The second-order valence-electron chi connectivity index (χ2n) is 5.48. The third-order valence-corrected chi connectivity index (χ3v) is 4.17. The zero-order valence-electron chi connectivity index (χ0n) is 13.0. The molecule has 118 valence electrons. The van der Waals surface area contributed by atoms with Crippen LogP contribution < -0.4 is 5.32 Å². The maximum absolute atomic E-state index is 5.30. The summed E-state index contributed by atoms with van der Waals surface area (Å²) >= 11 is 5.30. The van der Waals surface area contributed by atoms with Gasteiger partial charge >= 0.3 is 0 Å². The molecule has 0 unspecified atom stereocenters. The number of hydrogen-bond donors (Lipinski definition) is 2. The number of anilines is 1. The Morgan fingerprint density at radius 1 is 1.23 bits per heavy atom. The highest BCUT2D eigenvalue weighted by Gasteiger charge is 2.28. The number of nitrogens with zero attached hydrogens (tertiary/aromatic N) is 5. The van der Waals surface area contributed by atoms with Crippen molar-refractivity contribution in [2.45, 2.75) is 52.0 Å². The van der Waals surface area contributed by atoms with E-state index in [1.165, 1.54) is 12.8 Å². The molecule has 0 atom stereocenters. The van der Waals surface area contributed by atoms with Gasteiger partial charge in [0, 0.05) is 19.0 Å². The number of aryl methyl sites for hydroxylation is 2. The lowest BCUT2D eigenvalue weighted by molar-refractivity contribution is 0.665. The van der Waals surface area contributed by atoms with E-state index < -0.39 is 0 Å². The smallest absolute Gasteiger partial charge is 0.243 e. The number of H-pyrrole nitrogens is 1. The topological polar surface area (TPSA) is 84.3 Å². The molecule has 0 bridgehead atoms. The van der Waals surface area contributed by atoms with E-state index in [2.05, 4.69) is 49.1 Å². The zero-order chi connectivity index (χ0) is 15.5. The second-order valence-corrected chi connectivity index (χ2v) is 5.86. The first kappa shape index (κ1) is 15.1. The fourth-order valence-electron chi connectivity index (χ4n) is 2.49. The summed E-state index contributed by atoms with van der Waals surface area (Å²) in [6.07, 6.45) is 4.14. The molecule has 2 N–H and O–H groups in total. The molecular formula is C14H21N7S. The molecule has 0 radical (unpaired) electrons. The number of aromatic amines is 1. The molecule has 1 fully saturated rings. The Morgan fingerprint density at radius 3 is 2.68 bits per heavy atom. The molecule has 1 aliphatic rings. The van der Waals surface area contributed by atoms with Gasteiger partial charge in [0.05, 0.1) is 11.4 Å². The van der Waals surface area contributed by atoms with Crippen molar-refractivity contribution in [3.05, 3.63) is 22.0 Å². The van der Waals surface area contributed by atoms with E-state index in [1.807, 2.05) is 0 Å². The SMILES string of the molecule is CCc1nnc(NCCn2c(C3CC3)n[nH]c2=S)nc1CC. The lowest BCUT2D eigenvalue weighted by Crippen LogP contribution is -2.16. The number of aromatic nitrogens is 6. The van der Waals surface area contributed by atoms with E-state index in [1.54, 1.807) is 0 Å². The summed E-state index contributed by atoms with van der Waals surface area (Å²) in [7, 11) is 0. The van der Waals surface area contributed by atoms with Gasteiger partial charge in [-0.05, 0) is 37.9 Å². The van der Waals surface area contributed by atoms with Crippen molar-refractivity contribution in [3.8, 4) is 0 Å². The summed E-state index contributed by atoms with van der Waals surface area (Å²) in [5.41, 5.74) is 1.99. The van der Waals surface area contributed by atoms with E-state index in [9.17, 15) is 0 Å². The number of nitrogens with one attached hydrogen (secondary N) is 2. The monoisotopic (exact) mass is 319 g/mol. The highest BCUT2D eigenvalue weighted by molar-refractivity contribution is 7.71. The van der Waals surface area contributed by atoms with Gasteiger partial charge in [0.2, 0.25) is 5.95 Å². The van der Waals surface area contributed by atoms with Crippen molar-refractivity contribution in [2.24, 2.45) is 0 Å². The maximum atomic E-state index is 5.30. The normalized spacial score (nSPS) is 14.3. The summed E-state index contributed by atoms with van der Waals surface area (Å²) < 4.78 is 2.74. The lowest BCUT2D eigenvalue weighted by Gasteiger charge is -2.09. The predicted octanol–water partition coefficient (Wildman–Crippen LogP) is 2.24. The number of rotatable bonds is 7. The predicted molar refractivity (Wildman–Crippen MR) is 86.5 cm³/mol. The second kappa shape index (κ2) is 6.51. The summed E-state index contributed by atoms with van der Waals surface area (Å²) in [4.78, 5) is 4.53. The van der Waals surface area contributed by atoms with E-state index in [0.29, 0.717) is 23.2 Å². The average molecular weight is 319 g/mol. The molecule has 0 aliphatic heterocycles. The van der Waals surface area contributed by atoms with Gasteiger partial charge in [-0.1, -0.05) is 13.8 Å². The van der Waals surface area contributed by atoms with E-state index in [0.717, 1.165) is 36.6 Å². The molecule has 2 aromatic heterocycles. The Labute approximate surface area is 134 Å². The minimum absolute atomic E-state index is 0.571. The molecular weight excluding hydrogens is 298 g/mol. The van der Waals surface area contributed by atoms with Crippen LogP contribution in [0, 0.1) is 4.77 Å². The minimum atomic E-state index is 0.571. The summed E-state index contributed by atoms with van der Waals surface area (Å²) in [5, 5.41) is 18.8. The van der Waals surface area contributed by atoms with Crippen LogP contribution in [0.1, 0.15) is 49.8 Å². The molecule has 2 aromatic rings. The van der Waals surface area contributed by atoms with Crippen LogP contribution in [0.15, 0.2) is 0 Å². The molecule has 0 spiro atoms. The maximum Gasteiger partial charge on any atom is 0.243 e. The molecule has 0 saturated heterocycles. The van der Waals surface area contributed by atoms with Crippen LogP contribution in [0.25, 0.3) is 0 Å². The Kier molecular flexibility index (Phi) is 4.47. The summed E-state index contributed by atoms with van der Waals surface area (Å²) in [6, 6.07) is 0. The summed E-state index contributed by atoms with van der Waals surface area (Å²) in [6.45, 7) is 5.60. The van der Waals surface area contributed by atoms with Gasteiger partial charge in [0.1, 0.15) is 5.82 Å². The van der Waals surface area contributed by atoms with Crippen molar-refractivity contribution in [1.82, 2.24) is 29.9 Å². The van der Waals surface area contributed by atoms with Gasteiger partial charge in [-0.25, -0.2) is 4.98 Å². The van der Waals surface area contributed by atoms with Crippen molar-refractivity contribution < 1.29 is 0 Å². The Bertz CT molecular complexity index is 701. The molecule has 1 saturated carbocycles. The first-order valence-electron chi connectivity index (χ1n) is 7.84. The quantitative estimate of drug-likeness (QED) is 0.761. The molecule has 1 aliphatic carbocycles. The molecule has 22 heavy (non-hydrogen) atoms. The van der Waals surface area contributed by atoms with Gasteiger partial charge in [0.15, 0.2) is 4.77 Å². The molecule has 3 rings (SSSR count). The molecule has 2 heterocycles. The summed E-state index contributed by atoms with van der Waals surface area (Å²) in [5.74, 6) is 2.22. The van der Waals surface area contributed by atoms with Gasteiger partial charge in [0.25, 0.3) is 0 Å². The number of hydrogen-bond acceptors (Lipinski definition) is 6. The first-order valence-corrected chi connectivity index (χ1v) is 8.25. The van der Waals surface area contributed by atoms with Crippen LogP contribution in [0.5, 0.6) is 0 Å². The molecule has 7 nitrogen and oxygen atoms in total. The Hall–Kier alpha value is -1.83. The van der Waals surface area contributed by atoms with Crippen molar-refractivity contribution in [2.75, 3.05) is 11.9 Å². The van der Waals surface area contributed by atoms with Crippen LogP contribution in [-0.2, 0) is 19.4 Å².